The van der Waals surface area contributed by atoms with Crippen molar-refractivity contribution in [3.63, 3.8) is 0 Å². The third-order valence-electron chi connectivity index (χ3n) is 3.97. The fraction of sp³-hybridized carbons (Fsp3) is 0.400. The van der Waals surface area contributed by atoms with E-state index in [0.717, 1.165) is 17.1 Å². The molecule has 3 N–H and O–H groups in total. The Hall–Kier alpha value is -1.96. The summed E-state index contributed by atoms with van der Waals surface area (Å²) in [6.45, 7) is 2.26. The molecular formula is C20H28N2. The van der Waals surface area contributed by atoms with E-state index in [9.17, 15) is 0 Å². The molecule has 0 aliphatic carbocycles. The molecule has 22 heavy (non-hydrogen) atoms. The number of nitrogens with one attached hydrogen (secondary N) is 1. The number of benzene rings is 2. The highest BCUT2D eigenvalue weighted by molar-refractivity contribution is 5.61. The average Bonchev–Trinajstić information content (AvgIpc) is 2.54. The van der Waals surface area contributed by atoms with Crippen molar-refractivity contribution >= 4 is 17.1 Å². The van der Waals surface area contributed by atoms with Gasteiger partial charge in [-0.2, -0.15) is 0 Å². The zero-order valence-corrected chi connectivity index (χ0v) is 13.6. The number of aryl methyl sites for hydroxylation is 1. The number of hydrogen-bond donors (Lipinski definition) is 2. The second-order valence-corrected chi connectivity index (χ2v) is 5.96. The van der Waals surface area contributed by atoms with Gasteiger partial charge in [-0.25, -0.2) is 0 Å². The van der Waals surface area contributed by atoms with Gasteiger partial charge in [-0.05, 0) is 54.8 Å². The summed E-state index contributed by atoms with van der Waals surface area (Å²) < 4.78 is 0. The minimum Gasteiger partial charge on any atom is -0.399 e. The Morgan fingerprint density at radius 3 is 1.91 bits per heavy atom. The predicted molar refractivity (Wildman–Crippen MR) is 97.7 cm³/mol. The zero-order chi connectivity index (χ0) is 15.6. The zero-order valence-electron chi connectivity index (χ0n) is 13.6. The highest BCUT2D eigenvalue weighted by Gasteiger charge is 1.97. The maximum Gasteiger partial charge on any atom is 0.0385 e. The smallest absolute Gasteiger partial charge is 0.0385 e. The minimum absolute atomic E-state index is 0.792. The van der Waals surface area contributed by atoms with Crippen molar-refractivity contribution in [2.75, 3.05) is 11.1 Å². The average molecular weight is 296 g/mol. The van der Waals surface area contributed by atoms with Gasteiger partial charge in [0.15, 0.2) is 0 Å². The van der Waals surface area contributed by atoms with Gasteiger partial charge < -0.3 is 11.1 Å². The molecule has 0 spiro atoms. The molecule has 2 aromatic carbocycles. The van der Waals surface area contributed by atoms with Crippen LogP contribution in [0.3, 0.4) is 0 Å². The van der Waals surface area contributed by atoms with Gasteiger partial charge in [0.25, 0.3) is 0 Å². The van der Waals surface area contributed by atoms with Crippen molar-refractivity contribution in [1.29, 1.82) is 0 Å². The van der Waals surface area contributed by atoms with E-state index in [4.69, 9.17) is 5.73 Å². The monoisotopic (exact) mass is 296 g/mol. The Kier molecular flexibility index (Phi) is 6.82. The molecule has 2 heteroatoms. The Morgan fingerprint density at radius 1 is 0.727 bits per heavy atom. The maximum absolute atomic E-state index is 5.70. The number of anilines is 3. The topological polar surface area (TPSA) is 38.0 Å². The second-order valence-electron chi connectivity index (χ2n) is 5.96. The molecule has 0 radical (unpaired) electrons. The Bertz CT molecular complexity index is 529. The molecule has 0 saturated heterocycles. The van der Waals surface area contributed by atoms with Gasteiger partial charge >= 0.3 is 0 Å². The van der Waals surface area contributed by atoms with E-state index in [2.05, 4.69) is 36.5 Å². The standard InChI is InChI=1S/C20H28N2/c1-2-3-4-5-6-7-8-17-9-13-19(14-10-17)22-20-15-11-18(21)12-16-20/h9-16,22H,2-8,21H2,1H3. The molecule has 0 fully saturated rings. The summed E-state index contributed by atoms with van der Waals surface area (Å²) in [7, 11) is 0. The molecule has 0 aliphatic rings. The third-order valence-corrected chi connectivity index (χ3v) is 3.97. The van der Waals surface area contributed by atoms with Gasteiger partial charge in [0.2, 0.25) is 0 Å². The van der Waals surface area contributed by atoms with E-state index in [1.54, 1.807) is 0 Å². The maximum atomic E-state index is 5.70. The molecule has 0 aliphatic heterocycles. The summed E-state index contributed by atoms with van der Waals surface area (Å²) in [6, 6.07) is 16.6. The first kappa shape index (κ1) is 16.4. The van der Waals surface area contributed by atoms with Crippen LogP contribution in [0.5, 0.6) is 0 Å². The van der Waals surface area contributed by atoms with Crippen molar-refractivity contribution in [1.82, 2.24) is 0 Å². The first-order chi connectivity index (χ1) is 10.8. The second kappa shape index (κ2) is 9.14. The quantitative estimate of drug-likeness (QED) is 0.445. The van der Waals surface area contributed by atoms with Crippen molar-refractivity contribution in [3.05, 3.63) is 54.1 Å². The molecule has 0 heterocycles. The number of rotatable bonds is 9. The van der Waals surface area contributed by atoms with Crippen molar-refractivity contribution in [3.8, 4) is 0 Å². The van der Waals surface area contributed by atoms with E-state index >= 15 is 0 Å². The van der Waals surface area contributed by atoms with Crippen LogP contribution in [0.15, 0.2) is 48.5 Å². The molecular weight excluding hydrogens is 268 g/mol. The summed E-state index contributed by atoms with van der Waals surface area (Å²) in [5, 5.41) is 3.39. The lowest BCUT2D eigenvalue weighted by atomic mass is 10.0. The molecule has 0 aromatic heterocycles. The highest BCUT2D eigenvalue weighted by Crippen LogP contribution is 2.19. The number of nitrogens with two attached hydrogens (primary N) is 1. The lowest BCUT2D eigenvalue weighted by Crippen LogP contribution is -1.92. The summed E-state index contributed by atoms with van der Waals surface area (Å²) in [6.07, 6.45) is 9.31. The van der Waals surface area contributed by atoms with Crippen LogP contribution >= 0.6 is 0 Å². The van der Waals surface area contributed by atoms with E-state index < -0.39 is 0 Å². The summed E-state index contributed by atoms with van der Waals surface area (Å²) in [4.78, 5) is 0. The lowest BCUT2D eigenvalue weighted by Gasteiger charge is -2.08. The summed E-state index contributed by atoms with van der Waals surface area (Å²) in [5.74, 6) is 0. The van der Waals surface area contributed by atoms with Crippen molar-refractivity contribution in [2.24, 2.45) is 0 Å². The predicted octanol–water partition coefficient (Wildman–Crippen LogP) is 5.92. The summed E-state index contributed by atoms with van der Waals surface area (Å²) >= 11 is 0. The van der Waals surface area contributed by atoms with Crippen LogP contribution in [0, 0.1) is 0 Å². The number of nitrogen functional groups attached to an aromatic ring is 1. The van der Waals surface area contributed by atoms with Gasteiger partial charge in [-0.15, -0.1) is 0 Å². The van der Waals surface area contributed by atoms with E-state index in [0.29, 0.717) is 0 Å². The van der Waals surface area contributed by atoms with Crippen molar-refractivity contribution < 1.29 is 0 Å². The normalized spacial score (nSPS) is 10.6. The molecule has 118 valence electrons. The minimum atomic E-state index is 0.792. The third kappa shape index (κ3) is 5.80. The van der Waals surface area contributed by atoms with Crippen LogP contribution in [0.2, 0.25) is 0 Å². The molecule has 0 unspecified atom stereocenters. The van der Waals surface area contributed by atoms with E-state index in [1.165, 1.54) is 50.5 Å². The first-order valence-corrected chi connectivity index (χ1v) is 8.49. The van der Waals surface area contributed by atoms with E-state index in [-0.39, 0.29) is 0 Å². The van der Waals surface area contributed by atoms with Crippen LogP contribution in [0.25, 0.3) is 0 Å². The highest BCUT2D eigenvalue weighted by atomic mass is 14.9. The Labute approximate surface area is 134 Å². The fourth-order valence-corrected chi connectivity index (χ4v) is 2.60. The van der Waals surface area contributed by atoms with Gasteiger partial charge in [-0.1, -0.05) is 51.2 Å². The molecule has 0 amide bonds. The fourth-order valence-electron chi connectivity index (χ4n) is 2.60. The molecule has 0 saturated carbocycles. The van der Waals surface area contributed by atoms with Crippen LogP contribution in [-0.4, -0.2) is 0 Å². The largest absolute Gasteiger partial charge is 0.399 e. The van der Waals surface area contributed by atoms with E-state index in [1.807, 2.05) is 24.3 Å². The van der Waals surface area contributed by atoms with Crippen LogP contribution in [-0.2, 0) is 6.42 Å². The summed E-state index contributed by atoms with van der Waals surface area (Å²) in [5.41, 5.74) is 10.1. The SMILES string of the molecule is CCCCCCCCc1ccc(Nc2ccc(N)cc2)cc1. The molecule has 2 rings (SSSR count). The Balaban J connectivity index is 1.74. The molecule has 2 nitrogen and oxygen atoms in total. The van der Waals surface area contributed by atoms with Crippen LogP contribution < -0.4 is 11.1 Å². The number of unbranched alkanes of at least 4 members (excludes halogenated alkanes) is 5. The van der Waals surface area contributed by atoms with Crippen molar-refractivity contribution in [2.45, 2.75) is 51.9 Å². The Morgan fingerprint density at radius 2 is 1.27 bits per heavy atom. The van der Waals surface area contributed by atoms with Gasteiger partial charge in [0, 0.05) is 17.1 Å². The van der Waals surface area contributed by atoms with Gasteiger partial charge in [0.05, 0.1) is 0 Å². The molecule has 0 atom stereocenters. The lowest BCUT2D eigenvalue weighted by molar-refractivity contribution is 0.607. The van der Waals surface area contributed by atoms with Gasteiger partial charge in [-0.3, -0.25) is 0 Å². The van der Waals surface area contributed by atoms with Crippen LogP contribution in [0.4, 0.5) is 17.1 Å². The molecule has 2 aromatic rings. The first-order valence-electron chi connectivity index (χ1n) is 8.49. The molecule has 0 bridgehead atoms. The number of hydrogen-bond acceptors (Lipinski definition) is 2. The van der Waals surface area contributed by atoms with Gasteiger partial charge in [0.1, 0.15) is 0 Å². The van der Waals surface area contributed by atoms with Crippen LogP contribution in [0.1, 0.15) is 51.0 Å².